The number of nitrogens with zero attached hydrogens (tertiary/aromatic N) is 4. The summed E-state index contributed by atoms with van der Waals surface area (Å²) in [6.45, 7) is 1.04. The molecule has 1 aliphatic heterocycles. The maximum Gasteiger partial charge on any atom is 0.178 e. The highest BCUT2D eigenvalue weighted by molar-refractivity contribution is 5.59. The van der Waals surface area contributed by atoms with Crippen molar-refractivity contribution in [3.63, 3.8) is 0 Å². The molecule has 100 valence electrons. The Morgan fingerprint density at radius 1 is 1.05 bits per heavy atom. The largest absolute Gasteiger partial charge is 0.307 e. The summed E-state index contributed by atoms with van der Waals surface area (Å²) in [7, 11) is 0. The summed E-state index contributed by atoms with van der Waals surface area (Å²) < 4.78 is 1.87. The van der Waals surface area contributed by atoms with Gasteiger partial charge in [0.15, 0.2) is 11.5 Å². The van der Waals surface area contributed by atoms with Gasteiger partial charge >= 0.3 is 0 Å². The Bertz CT molecular complexity index is 728. The molecule has 2 aromatic heterocycles. The molecule has 1 N–H and O–H groups in total. The zero-order chi connectivity index (χ0) is 13.4. The van der Waals surface area contributed by atoms with Crippen molar-refractivity contribution in [1.82, 2.24) is 25.1 Å². The summed E-state index contributed by atoms with van der Waals surface area (Å²) >= 11 is 0. The monoisotopic (exact) mass is 265 g/mol. The van der Waals surface area contributed by atoms with E-state index < -0.39 is 0 Å². The van der Waals surface area contributed by atoms with Gasteiger partial charge in [-0.3, -0.25) is 0 Å². The topological polar surface area (TPSA) is 55.1 Å². The third-order valence-electron chi connectivity index (χ3n) is 3.73. The van der Waals surface area contributed by atoms with Gasteiger partial charge in [-0.25, -0.2) is 0 Å². The van der Waals surface area contributed by atoms with Crippen LogP contribution in [0.1, 0.15) is 24.7 Å². The van der Waals surface area contributed by atoms with Crippen molar-refractivity contribution in [2.75, 3.05) is 6.54 Å². The number of aromatic nitrogens is 4. The Hall–Kier alpha value is -2.27. The highest BCUT2D eigenvalue weighted by atomic mass is 15.4. The second kappa shape index (κ2) is 4.68. The fourth-order valence-corrected chi connectivity index (χ4v) is 2.69. The predicted molar refractivity (Wildman–Crippen MR) is 76.2 cm³/mol. The second-order valence-electron chi connectivity index (χ2n) is 5.06. The lowest BCUT2D eigenvalue weighted by Gasteiger charge is -2.08. The van der Waals surface area contributed by atoms with E-state index in [1.54, 1.807) is 0 Å². The quantitative estimate of drug-likeness (QED) is 0.772. The molecule has 0 saturated carbocycles. The number of benzene rings is 1. The molecule has 3 aromatic rings. The van der Waals surface area contributed by atoms with Gasteiger partial charge in [0.1, 0.15) is 0 Å². The molecule has 1 aromatic carbocycles. The number of nitrogens with one attached hydrogen (secondary N) is 1. The minimum atomic E-state index is 0.267. The van der Waals surface area contributed by atoms with Gasteiger partial charge in [0.25, 0.3) is 0 Å². The van der Waals surface area contributed by atoms with Crippen LogP contribution in [-0.2, 0) is 0 Å². The van der Waals surface area contributed by atoms with Crippen LogP contribution in [0.5, 0.6) is 0 Å². The van der Waals surface area contributed by atoms with Crippen molar-refractivity contribution >= 4 is 5.65 Å². The lowest BCUT2D eigenvalue weighted by Crippen LogP contribution is -2.16. The average Bonchev–Trinajstić information content (AvgIpc) is 3.16. The maximum absolute atomic E-state index is 4.70. The van der Waals surface area contributed by atoms with Crippen LogP contribution in [0, 0.1) is 0 Å². The van der Waals surface area contributed by atoms with E-state index in [9.17, 15) is 0 Å². The number of fused-ring (bicyclic) bond motifs is 1. The van der Waals surface area contributed by atoms with Crippen molar-refractivity contribution in [1.29, 1.82) is 0 Å². The van der Waals surface area contributed by atoms with Crippen LogP contribution in [0.25, 0.3) is 16.9 Å². The van der Waals surface area contributed by atoms with Gasteiger partial charge in [0.2, 0.25) is 0 Å². The SMILES string of the molecule is c1ccc(-c2ccc3nnc([C@H]4CCCN4)n3n2)cc1. The van der Waals surface area contributed by atoms with E-state index in [0.29, 0.717) is 0 Å². The fraction of sp³-hybridized carbons (Fsp3) is 0.267. The molecule has 3 heterocycles. The predicted octanol–water partition coefficient (Wildman–Crippen LogP) is 2.22. The van der Waals surface area contributed by atoms with Crippen LogP contribution in [-0.4, -0.2) is 26.4 Å². The van der Waals surface area contributed by atoms with Gasteiger partial charge in [-0.1, -0.05) is 30.3 Å². The van der Waals surface area contributed by atoms with Gasteiger partial charge in [0.05, 0.1) is 11.7 Å². The lowest BCUT2D eigenvalue weighted by atomic mass is 10.1. The molecular weight excluding hydrogens is 250 g/mol. The Balaban J connectivity index is 1.83. The molecule has 1 fully saturated rings. The Kier molecular flexibility index (Phi) is 2.70. The Morgan fingerprint density at radius 3 is 2.75 bits per heavy atom. The minimum absolute atomic E-state index is 0.267. The molecule has 1 saturated heterocycles. The molecule has 0 aliphatic carbocycles. The summed E-state index contributed by atoms with van der Waals surface area (Å²) in [6.07, 6.45) is 2.27. The summed E-state index contributed by atoms with van der Waals surface area (Å²) in [5.41, 5.74) is 2.85. The van der Waals surface area contributed by atoms with E-state index >= 15 is 0 Å². The highest BCUT2D eigenvalue weighted by Gasteiger charge is 2.22. The third-order valence-corrected chi connectivity index (χ3v) is 3.73. The average molecular weight is 265 g/mol. The van der Waals surface area contributed by atoms with Crippen molar-refractivity contribution in [3.05, 3.63) is 48.3 Å². The van der Waals surface area contributed by atoms with Gasteiger partial charge in [-0.2, -0.15) is 9.61 Å². The van der Waals surface area contributed by atoms with Crippen LogP contribution in [0.4, 0.5) is 0 Å². The molecule has 1 atom stereocenters. The highest BCUT2D eigenvalue weighted by Crippen LogP contribution is 2.23. The summed E-state index contributed by atoms with van der Waals surface area (Å²) in [5, 5.41) is 16.7. The first kappa shape index (κ1) is 11.5. The van der Waals surface area contributed by atoms with Gasteiger partial charge in [-0.15, -0.1) is 10.2 Å². The first-order valence-electron chi connectivity index (χ1n) is 6.93. The van der Waals surface area contributed by atoms with E-state index in [1.165, 1.54) is 6.42 Å². The maximum atomic E-state index is 4.70. The molecule has 20 heavy (non-hydrogen) atoms. The number of hydrogen-bond donors (Lipinski definition) is 1. The molecule has 0 spiro atoms. The van der Waals surface area contributed by atoms with E-state index in [4.69, 9.17) is 5.10 Å². The molecule has 1 aliphatic rings. The lowest BCUT2D eigenvalue weighted by molar-refractivity contribution is 0.585. The fourth-order valence-electron chi connectivity index (χ4n) is 2.69. The van der Waals surface area contributed by atoms with Crippen molar-refractivity contribution < 1.29 is 0 Å². The standard InChI is InChI=1S/C15H15N5/c1-2-5-11(6-3-1)12-8-9-14-17-18-15(20(14)19-12)13-7-4-10-16-13/h1-3,5-6,8-9,13,16H,4,7,10H2/t13-/m1/s1. The van der Waals surface area contributed by atoms with Crippen molar-refractivity contribution in [2.24, 2.45) is 0 Å². The molecule has 5 nitrogen and oxygen atoms in total. The van der Waals surface area contributed by atoms with Crippen LogP contribution in [0.2, 0.25) is 0 Å². The second-order valence-corrected chi connectivity index (χ2v) is 5.06. The molecule has 0 radical (unpaired) electrons. The third kappa shape index (κ3) is 1.87. The number of hydrogen-bond acceptors (Lipinski definition) is 4. The first-order chi connectivity index (χ1) is 9.92. The Labute approximate surface area is 116 Å². The van der Waals surface area contributed by atoms with Gasteiger partial charge in [0, 0.05) is 5.56 Å². The van der Waals surface area contributed by atoms with E-state index in [2.05, 4.69) is 27.6 Å². The number of rotatable bonds is 2. The zero-order valence-electron chi connectivity index (χ0n) is 11.0. The molecule has 0 bridgehead atoms. The normalized spacial score (nSPS) is 18.7. The van der Waals surface area contributed by atoms with Gasteiger partial charge in [-0.05, 0) is 31.5 Å². The molecular formula is C15H15N5. The summed E-state index contributed by atoms with van der Waals surface area (Å²) in [6, 6.07) is 14.4. The first-order valence-corrected chi connectivity index (χ1v) is 6.93. The minimum Gasteiger partial charge on any atom is -0.307 e. The van der Waals surface area contributed by atoms with Crippen molar-refractivity contribution in [2.45, 2.75) is 18.9 Å². The van der Waals surface area contributed by atoms with Crippen LogP contribution >= 0.6 is 0 Å². The smallest absolute Gasteiger partial charge is 0.178 e. The molecule has 0 amide bonds. The van der Waals surface area contributed by atoms with Crippen LogP contribution in [0.15, 0.2) is 42.5 Å². The van der Waals surface area contributed by atoms with Crippen LogP contribution in [0.3, 0.4) is 0 Å². The zero-order valence-corrected chi connectivity index (χ0v) is 11.0. The molecule has 4 rings (SSSR count). The molecule has 0 unspecified atom stereocenters. The van der Waals surface area contributed by atoms with Crippen LogP contribution < -0.4 is 5.32 Å². The van der Waals surface area contributed by atoms with E-state index in [1.807, 2.05) is 34.8 Å². The summed E-state index contributed by atoms with van der Waals surface area (Å²) in [4.78, 5) is 0. The molecule has 5 heteroatoms. The summed E-state index contributed by atoms with van der Waals surface area (Å²) in [5.74, 6) is 0.912. The van der Waals surface area contributed by atoms with E-state index in [0.717, 1.165) is 35.7 Å². The van der Waals surface area contributed by atoms with E-state index in [-0.39, 0.29) is 6.04 Å². The van der Waals surface area contributed by atoms with Gasteiger partial charge < -0.3 is 5.32 Å². The van der Waals surface area contributed by atoms with Crippen molar-refractivity contribution in [3.8, 4) is 11.3 Å². The Morgan fingerprint density at radius 2 is 1.95 bits per heavy atom.